The highest BCUT2D eigenvalue weighted by molar-refractivity contribution is 5.80. The van der Waals surface area contributed by atoms with Gasteiger partial charge in [0, 0.05) is 23.7 Å². The molecule has 0 unspecified atom stereocenters. The van der Waals surface area contributed by atoms with E-state index in [2.05, 4.69) is 25.0 Å². The average Bonchev–Trinajstić information content (AvgIpc) is 3.41. The van der Waals surface area contributed by atoms with Crippen LogP contribution in [0.5, 0.6) is 17.6 Å². The van der Waals surface area contributed by atoms with Gasteiger partial charge in [-0.1, -0.05) is 0 Å². The molecular formula is C24H22F5N7O3. The number of halogens is 5. The van der Waals surface area contributed by atoms with Crippen molar-refractivity contribution in [2.75, 3.05) is 32.2 Å². The van der Waals surface area contributed by atoms with Crippen molar-refractivity contribution in [3.63, 3.8) is 0 Å². The molecule has 0 bridgehead atoms. The Balaban J connectivity index is 1.40. The summed E-state index contributed by atoms with van der Waals surface area (Å²) < 4.78 is 85.5. The van der Waals surface area contributed by atoms with E-state index in [1.165, 1.54) is 55.8 Å². The molecule has 0 N–H and O–H groups in total. The second-order valence-corrected chi connectivity index (χ2v) is 8.82. The van der Waals surface area contributed by atoms with Gasteiger partial charge < -0.3 is 19.1 Å². The largest absolute Gasteiger partial charge is 0.482 e. The zero-order valence-electron chi connectivity index (χ0n) is 20.9. The average molecular weight is 551 g/mol. The fraction of sp³-hybridized carbons (Fsp3) is 0.375. The molecule has 5 rings (SSSR count). The summed E-state index contributed by atoms with van der Waals surface area (Å²) in [6.45, 7) is -0.630. The molecule has 15 heteroatoms. The number of ether oxygens (including phenoxy) is 3. The number of fused-ring (bicyclic) bond motifs is 1. The molecule has 4 heterocycles. The second kappa shape index (κ2) is 9.78. The minimum Gasteiger partial charge on any atom is -0.482 e. The normalized spacial score (nSPS) is 17.0. The Bertz CT molecular complexity index is 1510. The van der Waals surface area contributed by atoms with Crippen molar-refractivity contribution < 1.29 is 36.2 Å². The number of methoxy groups -OCH3 is 2. The van der Waals surface area contributed by atoms with Gasteiger partial charge in [0.25, 0.3) is 0 Å². The lowest BCUT2D eigenvalue weighted by molar-refractivity contribution is -0.141. The summed E-state index contributed by atoms with van der Waals surface area (Å²) >= 11 is 0. The topological polar surface area (TPSA) is 100 Å². The first kappa shape index (κ1) is 26.3. The van der Waals surface area contributed by atoms with Gasteiger partial charge in [0.05, 0.1) is 50.3 Å². The summed E-state index contributed by atoms with van der Waals surface area (Å²) in [6.07, 6.45) is -3.37. The number of benzene rings is 1. The third-order valence-corrected chi connectivity index (χ3v) is 6.01. The molecule has 1 aromatic carbocycles. The van der Waals surface area contributed by atoms with Crippen LogP contribution < -0.4 is 19.1 Å². The predicted octanol–water partition coefficient (Wildman–Crippen LogP) is 4.07. The van der Waals surface area contributed by atoms with E-state index in [1.807, 2.05) is 0 Å². The van der Waals surface area contributed by atoms with E-state index in [9.17, 15) is 13.2 Å². The number of hydrogen-bond donors (Lipinski definition) is 0. The Morgan fingerprint density at radius 3 is 2.56 bits per heavy atom. The first-order valence-corrected chi connectivity index (χ1v) is 11.6. The highest BCUT2D eigenvalue weighted by Gasteiger charge is 2.50. The van der Waals surface area contributed by atoms with E-state index in [-0.39, 0.29) is 35.5 Å². The molecule has 39 heavy (non-hydrogen) atoms. The number of nitrogens with zero attached hydrogens (tertiary/aromatic N) is 7. The molecule has 4 aromatic rings. The standard InChI is InChI=1S/C24H22F5N7O3/c1-13-32-17(16-9-30-22(38-3)34-21(16)37-2)7-20(33-13)35-10-19(23(25,26)11-35)39-15-5-4-14-8-31-36(18(14)6-15)12-24(27,28)29/h4-9,19H,10-12H2,1-3H3/t19-/m0/s1. The van der Waals surface area contributed by atoms with Crippen molar-refractivity contribution in [1.29, 1.82) is 0 Å². The smallest absolute Gasteiger partial charge is 0.408 e. The third-order valence-electron chi connectivity index (χ3n) is 6.01. The first-order chi connectivity index (χ1) is 18.5. The van der Waals surface area contributed by atoms with Crippen LogP contribution in [0, 0.1) is 6.92 Å². The van der Waals surface area contributed by atoms with Crippen molar-refractivity contribution in [3.8, 4) is 28.9 Å². The van der Waals surface area contributed by atoms with Gasteiger partial charge in [-0.15, -0.1) is 0 Å². The molecule has 0 radical (unpaired) electrons. The molecular weight excluding hydrogens is 529 g/mol. The van der Waals surface area contributed by atoms with Gasteiger partial charge in [-0.3, -0.25) is 4.68 Å². The molecule has 3 aromatic heterocycles. The summed E-state index contributed by atoms with van der Waals surface area (Å²) in [6, 6.07) is 5.76. The van der Waals surface area contributed by atoms with E-state index in [4.69, 9.17) is 14.2 Å². The van der Waals surface area contributed by atoms with E-state index >= 15 is 8.78 Å². The molecule has 0 aliphatic carbocycles. The fourth-order valence-electron chi connectivity index (χ4n) is 4.27. The Hall–Kier alpha value is -4.30. The zero-order chi connectivity index (χ0) is 27.9. The van der Waals surface area contributed by atoms with Crippen molar-refractivity contribution in [2.45, 2.75) is 31.7 Å². The van der Waals surface area contributed by atoms with Crippen LogP contribution in [0.2, 0.25) is 0 Å². The lowest BCUT2D eigenvalue weighted by Crippen LogP contribution is -2.36. The summed E-state index contributed by atoms with van der Waals surface area (Å²) in [7, 11) is 2.82. The van der Waals surface area contributed by atoms with Gasteiger partial charge in [0.2, 0.25) is 5.88 Å². The number of aromatic nitrogens is 6. The van der Waals surface area contributed by atoms with Gasteiger partial charge in [0.1, 0.15) is 23.9 Å². The molecule has 1 aliphatic heterocycles. The molecule has 1 saturated heterocycles. The maximum atomic E-state index is 15.1. The Labute approximate surface area is 218 Å². The second-order valence-electron chi connectivity index (χ2n) is 8.82. The van der Waals surface area contributed by atoms with Crippen LogP contribution in [0.25, 0.3) is 22.2 Å². The lowest BCUT2D eigenvalue weighted by Gasteiger charge is -2.19. The van der Waals surface area contributed by atoms with Crippen molar-refractivity contribution in [3.05, 3.63) is 42.5 Å². The zero-order valence-corrected chi connectivity index (χ0v) is 20.9. The fourth-order valence-corrected chi connectivity index (χ4v) is 4.27. The number of anilines is 1. The van der Waals surface area contributed by atoms with E-state index in [0.717, 1.165) is 4.68 Å². The molecule has 0 spiro atoms. The van der Waals surface area contributed by atoms with Gasteiger partial charge in [0.15, 0.2) is 6.10 Å². The Kier molecular flexibility index (Phi) is 6.60. The quantitative estimate of drug-likeness (QED) is 0.315. The van der Waals surface area contributed by atoms with Crippen LogP contribution in [-0.2, 0) is 6.54 Å². The van der Waals surface area contributed by atoms with Crippen LogP contribution in [0.3, 0.4) is 0 Å². The molecule has 10 nitrogen and oxygen atoms in total. The van der Waals surface area contributed by atoms with Crippen LogP contribution in [0.15, 0.2) is 36.7 Å². The first-order valence-electron chi connectivity index (χ1n) is 11.6. The van der Waals surface area contributed by atoms with Crippen molar-refractivity contribution in [2.24, 2.45) is 0 Å². The summed E-state index contributed by atoms with van der Waals surface area (Å²) in [5.74, 6) is -2.57. The highest BCUT2D eigenvalue weighted by Crippen LogP contribution is 2.36. The lowest BCUT2D eigenvalue weighted by atomic mass is 10.2. The van der Waals surface area contributed by atoms with Crippen LogP contribution in [0.4, 0.5) is 27.8 Å². The van der Waals surface area contributed by atoms with Gasteiger partial charge in [-0.2, -0.15) is 23.3 Å². The monoisotopic (exact) mass is 551 g/mol. The van der Waals surface area contributed by atoms with Crippen LogP contribution >= 0.6 is 0 Å². The number of hydrogen-bond acceptors (Lipinski definition) is 9. The summed E-state index contributed by atoms with van der Waals surface area (Å²) in [4.78, 5) is 18.2. The number of alkyl halides is 5. The number of rotatable bonds is 7. The van der Waals surface area contributed by atoms with Crippen LogP contribution in [0.1, 0.15) is 5.82 Å². The SMILES string of the molecule is COc1ncc(-c2cc(N3C[C@H](Oc4ccc5cnn(CC(F)(F)F)c5c4)C(F)(F)C3)nc(C)n2)c(OC)n1. The summed E-state index contributed by atoms with van der Waals surface area (Å²) in [5, 5.41) is 4.17. The molecule has 206 valence electrons. The van der Waals surface area contributed by atoms with Gasteiger partial charge >= 0.3 is 18.1 Å². The van der Waals surface area contributed by atoms with Gasteiger partial charge in [-0.05, 0) is 19.1 Å². The molecule has 1 aliphatic rings. The minimum absolute atomic E-state index is 0.00220. The van der Waals surface area contributed by atoms with Crippen molar-refractivity contribution in [1.82, 2.24) is 29.7 Å². The maximum Gasteiger partial charge on any atom is 0.408 e. The minimum atomic E-state index is -4.49. The Morgan fingerprint density at radius 1 is 1.05 bits per heavy atom. The molecule has 0 saturated carbocycles. The Morgan fingerprint density at radius 2 is 1.85 bits per heavy atom. The highest BCUT2D eigenvalue weighted by atomic mass is 19.4. The third kappa shape index (κ3) is 5.47. The predicted molar refractivity (Wildman–Crippen MR) is 128 cm³/mol. The molecule has 1 atom stereocenters. The van der Waals surface area contributed by atoms with E-state index < -0.39 is 31.3 Å². The van der Waals surface area contributed by atoms with E-state index in [1.54, 1.807) is 6.92 Å². The maximum absolute atomic E-state index is 15.1. The molecule has 1 fully saturated rings. The van der Waals surface area contributed by atoms with Crippen molar-refractivity contribution >= 4 is 16.7 Å². The summed E-state index contributed by atoms with van der Waals surface area (Å²) in [5.41, 5.74) is 0.885. The van der Waals surface area contributed by atoms with E-state index in [0.29, 0.717) is 22.5 Å². The number of aryl methyl sites for hydroxylation is 1. The van der Waals surface area contributed by atoms with Crippen LogP contribution in [-0.4, -0.2) is 75.2 Å². The molecule has 0 amide bonds. The van der Waals surface area contributed by atoms with Gasteiger partial charge in [-0.25, -0.2) is 23.7 Å².